The number of nitrogens with one attached hydrogen (secondary N) is 1. The summed E-state index contributed by atoms with van der Waals surface area (Å²) in [5.74, 6) is 1.85. The zero-order valence-electron chi connectivity index (χ0n) is 7.80. The number of hydrogen-bond donors (Lipinski definition) is 2. The Morgan fingerprint density at radius 2 is 2.25 bits per heavy atom. The average molecular weight is 190 g/mol. The summed E-state index contributed by atoms with van der Waals surface area (Å²) < 4.78 is 0. The normalized spacial score (nSPS) is 12.8. The second-order valence-corrected chi connectivity index (χ2v) is 3.89. The fraction of sp³-hybridized carbons (Fsp3) is 0.875. The molecule has 0 saturated carbocycles. The van der Waals surface area contributed by atoms with Crippen LogP contribution in [0.5, 0.6) is 0 Å². The summed E-state index contributed by atoms with van der Waals surface area (Å²) in [6.45, 7) is 4.88. The molecule has 1 unspecified atom stereocenters. The molecule has 1 atom stereocenters. The fourth-order valence-electron chi connectivity index (χ4n) is 0.937. The minimum Gasteiger partial charge on any atom is -0.368 e. The van der Waals surface area contributed by atoms with E-state index in [9.17, 15) is 4.79 Å². The van der Waals surface area contributed by atoms with Crippen LogP contribution in [0, 0.1) is 0 Å². The van der Waals surface area contributed by atoms with Gasteiger partial charge in [-0.2, -0.15) is 11.8 Å². The molecular formula is C8H18N2OS. The van der Waals surface area contributed by atoms with Gasteiger partial charge >= 0.3 is 0 Å². The first-order valence-corrected chi connectivity index (χ1v) is 5.48. The van der Waals surface area contributed by atoms with E-state index in [2.05, 4.69) is 12.2 Å². The van der Waals surface area contributed by atoms with Crippen molar-refractivity contribution in [2.45, 2.75) is 26.3 Å². The van der Waals surface area contributed by atoms with Crippen LogP contribution in [0.3, 0.4) is 0 Å². The molecule has 12 heavy (non-hydrogen) atoms. The minimum absolute atomic E-state index is 0.144. The summed E-state index contributed by atoms with van der Waals surface area (Å²) in [5, 5.41) is 3.05. The summed E-state index contributed by atoms with van der Waals surface area (Å²) in [4.78, 5) is 10.8. The summed E-state index contributed by atoms with van der Waals surface area (Å²) in [6.07, 6.45) is 0.835. The number of thioether (sulfide) groups is 1. The SMILES string of the molecule is CCNC(CCSCC)C(N)=O. The number of rotatable bonds is 7. The van der Waals surface area contributed by atoms with Gasteiger partial charge in [0.05, 0.1) is 6.04 Å². The molecule has 0 saturated heterocycles. The molecule has 0 radical (unpaired) electrons. The van der Waals surface area contributed by atoms with Crippen molar-refractivity contribution in [1.82, 2.24) is 5.32 Å². The lowest BCUT2D eigenvalue weighted by atomic mass is 10.2. The molecule has 72 valence electrons. The predicted octanol–water partition coefficient (Wildman–Crippen LogP) is 0.593. The fourth-order valence-corrected chi connectivity index (χ4v) is 1.63. The van der Waals surface area contributed by atoms with E-state index in [0.29, 0.717) is 0 Å². The maximum Gasteiger partial charge on any atom is 0.234 e. The summed E-state index contributed by atoms with van der Waals surface area (Å²) in [7, 11) is 0. The predicted molar refractivity (Wildman–Crippen MR) is 54.3 cm³/mol. The van der Waals surface area contributed by atoms with Crippen molar-refractivity contribution in [3.63, 3.8) is 0 Å². The highest BCUT2D eigenvalue weighted by molar-refractivity contribution is 7.99. The van der Waals surface area contributed by atoms with Gasteiger partial charge < -0.3 is 11.1 Å². The van der Waals surface area contributed by atoms with Gasteiger partial charge in [-0.05, 0) is 24.5 Å². The summed E-state index contributed by atoms with van der Waals surface area (Å²) in [5.41, 5.74) is 5.19. The molecule has 0 spiro atoms. The molecule has 4 heteroatoms. The van der Waals surface area contributed by atoms with E-state index in [1.54, 1.807) is 0 Å². The molecule has 0 aromatic heterocycles. The van der Waals surface area contributed by atoms with Crippen molar-refractivity contribution in [3.8, 4) is 0 Å². The van der Waals surface area contributed by atoms with Gasteiger partial charge in [0.25, 0.3) is 0 Å². The second kappa shape index (κ2) is 7.43. The molecule has 3 N–H and O–H groups in total. The van der Waals surface area contributed by atoms with Gasteiger partial charge in [-0.15, -0.1) is 0 Å². The molecule has 0 aliphatic rings. The first kappa shape index (κ1) is 11.8. The maximum atomic E-state index is 10.8. The van der Waals surface area contributed by atoms with Crippen LogP contribution in [-0.2, 0) is 4.79 Å². The first-order valence-electron chi connectivity index (χ1n) is 4.32. The van der Waals surface area contributed by atoms with Gasteiger partial charge in [0, 0.05) is 0 Å². The van der Waals surface area contributed by atoms with Gasteiger partial charge in [-0.3, -0.25) is 4.79 Å². The van der Waals surface area contributed by atoms with Crippen LogP contribution in [-0.4, -0.2) is 30.0 Å². The third-order valence-corrected chi connectivity index (χ3v) is 2.48. The monoisotopic (exact) mass is 190 g/mol. The lowest BCUT2D eigenvalue weighted by molar-refractivity contribution is -0.120. The Hall–Kier alpha value is -0.220. The van der Waals surface area contributed by atoms with Crippen LogP contribution in [0.15, 0.2) is 0 Å². The summed E-state index contributed by atoms with van der Waals surface area (Å²) in [6, 6.07) is -0.144. The van der Waals surface area contributed by atoms with Crippen LogP contribution >= 0.6 is 11.8 Å². The van der Waals surface area contributed by atoms with E-state index in [1.165, 1.54) is 0 Å². The number of nitrogens with two attached hydrogens (primary N) is 1. The van der Waals surface area contributed by atoms with Crippen LogP contribution in [0.4, 0.5) is 0 Å². The number of hydrogen-bond acceptors (Lipinski definition) is 3. The molecule has 0 aromatic rings. The molecule has 3 nitrogen and oxygen atoms in total. The third-order valence-electron chi connectivity index (χ3n) is 1.55. The molecule has 0 rings (SSSR count). The van der Waals surface area contributed by atoms with Gasteiger partial charge in [0.1, 0.15) is 0 Å². The Labute approximate surface area is 78.5 Å². The van der Waals surface area contributed by atoms with Gasteiger partial charge in [-0.25, -0.2) is 0 Å². The summed E-state index contributed by atoms with van der Waals surface area (Å²) >= 11 is 1.83. The maximum absolute atomic E-state index is 10.8. The molecular weight excluding hydrogens is 172 g/mol. The van der Waals surface area contributed by atoms with E-state index in [0.717, 1.165) is 24.5 Å². The topological polar surface area (TPSA) is 55.1 Å². The van der Waals surface area contributed by atoms with Crippen LogP contribution in [0.2, 0.25) is 0 Å². The Kier molecular flexibility index (Phi) is 7.29. The Morgan fingerprint density at radius 1 is 1.58 bits per heavy atom. The molecule has 0 fully saturated rings. The standard InChI is InChI=1S/C8H18N2OS/c1-3-10-7(8(9)11)5-6-12-4-2/h7,10H,3-6H2,1-2H3,(H2,9,11). The molecule has 0 aliphatic heterocycles. The Morgan fingerprint density at radius 3 is 2.67 bits per heavy atom. The van der Waals surface area contributed by atoms with Crippen molar-refractivity contribution in [2.75, 3.05) is 18.1 Å². The Bertz CT molecular complexity index is 130. The van der Waals surface area contributed by atoms with E-state index in [1.807, 2.05) is 18.7 Å². The molecule has 0 heterocycles. The highest BCUT2D eigenvalue weighted by Crippen LogP contribution is 2.03. The number of carbonyl (C=O) groups excluding carboxylic acids is 1. The van der Waals surface area contributed by atoms with Gasteiger partial charge in [0.15, 0.2) is 0 Å². The average Bonchev–Trinajstić information content (AvgIpc) is 2.03. The van der Waals surface area contributed by atoms with Crippen molar-refractivity contribution in [2.24, 2.45) is 5.73 Å². The molecule has 1 amide bonds. The zero-order chi connectivity index (χ0) is 9.40. The van der Waals surface area contributed by atoms with E-state index >= 15 is 0 Å². The van der Waals surface area contributed by atoms with Crippen LogP contribution in [0.1, 0.15) is 20.3 Å². The third kappa shape index (κ3) is 5.43. The number of carbonyl (C=O) groups is 1. The largest absolute Gasteiger partial charge is 0.368 e. The smallest absolute Gasteiger partial charge is 0.234 e. The number of amides is 1. The van der Waals surface area contributed by atoms with Crippen molar-refractivity contribution in [3.05, 3.63) is 0 Å². The van der Waals surface area contributed by atoms with E-state index in [-0.39, 0.29) is 11.9 Å². The van der Waals surface area contributed by atoms with Crippen LogP contribution < -0.4 is 11.1 Å². The number of likely N-dealkylation sites (N-methyl/N-ethyl adjacent to an activating group) is 1. The van der Waals surface area contributed by atoms with Crippen molar-refractivity contribution >= 4 is 17.7 Å². The minimum atomic E-state index is -0.242. The van der Waals surface area contributed by atoms with Crippen molar-refractivity contribution in [1.29, 1.82) is 0 Å². The van der Waals surface area contributed by atoms with Gasteiger partial charge in [-0.1, -0.05) is 13.8 Å². The first-order chi connectivity index (χ1) is 5.72. The molecule has 0 bridgehead atoms. The van der Waals surface area contributed by atoms with E-state index in [4.69, 9.17) is 5.73 Å². The van der Waals surface area contributed by atoms with E-state index < -0.39 is 0 Å². The lowest BCUT2D eigenvalue weighted by Gasteiger charge is -2.12. The lowest BCUT2D eigenvalue weighted by Crippen LogP contribution is -2.41. The second-order valence-electron chi connectivity index (χ2n) is 2.50. The van der Waals surface area contributed by atoms with Gasteiger partial charge in [0.2, 0.25) is 5.91 Å². The zero-order valence-corrected chi connectivity index (χ0v) is 8.62. The highest BCUT2D eigenvalue weighted by Gasteiger charge is 2.12. The molecule has 0 aromatic carbocycles. The number of primary amides is 1. The molecule has 0 aliphatic carbocycles. The highest BCUT2D eigenvalue weighted by atomic mass is 32.2. The van der Waals surface area contributed by atoms with Crippen LogP contribution in [0.25, 0.3) is 0 Å². The van der Waals surface area contributed by atoms with Crippen molar-refractivity contribution < 1.29 is 4.79 Å². The quantitative estimate of drug-likeness (QED) is 0.578. The Balaban J connectivity index is 3.56.